The zero-order valence-electron chi connectivity index (χ0n) is 8.43. The molecule has 0 saturated carbocycles. The molecule has 84 valence electrons. The van der Waals surface area contributed by atoms with Gasteiger partial charge in [-0.05, 0) is 0 Å². The predicted molar refractivity (Wildman–Crippen MR) is 48.2 cm³/mol. The summed E-state index contributed by atoms with van der Waals surface area (Å²) in [5, 5.41) is 0.421. The van der Waals surface area contributed by atoms with Gasteiger partial charge in [-0.1, -0.05) is 6.08 Å². The second kappa shape index (κ2) is 2.99. The molecule has 7 heteroatoms. The van der Waals surface area contributed by atoms with E-state index in [1.54, 1.807) is 0 Å². The number of hydroxylamine groups is 2. The molecule has 0 aromatic carbocycles. The quantitative estimate of drug-likeness (QED) is 0.329. The van der Waals surface area contributed by atoms with Gasteiger partial charge in [-0.3, -0.25) is 28.9 Å². The Balaban J connectivity index is 2.21. The van der Waals surface area contributed by atoms with Gasteiger partial charge in [-0.25, -0.2) is 0 Å². The van der Waals surface area contributed by atoms with Crippen molar-refractivity contribution in [3.05, 3.63) is 12.7 Å². The summed E-state index contributed by atoms with van der Waals surface area (Å²) in [6.07, 6.45) is 1.34. The van der Waals surface area contributed by atoms with Crippen molar-refractivity contribution in [1.82, 2.24) is 9.96 Å². The molecule has 2 aliphatic rings. The number of carbonyl (C=O) groups excluding carboxylic acids is 4. The lowest BCUT2D eigenvalue weighted by Gasteiger charge is -2.49. The maximum atomic E-state index is 11.5. The Labute approximate surface area is 90.2 Å². The number of hydrogen-bond donors (Lipinski definition) is 0. The minimum absolute atomic E-state index is 0.0498. The zero-order valence-corrected chi connectivity index (χ0v) is 8.43. The molecule has 0 aliphatic carbocycles. The van der Waals surface area contributed by atoms with Gasteiger partial charge in [-0.2, -0.15) is 0 Å². The average molecular weight is 224 g/mol. The van der Waals surface area contributed by atoms with E-state index in [0.717, 1.165) is 4.90 Å². The van der Waals surface area contributed by atoms with Crippen LogP contribution in [0.5, 0.6) is 0 Å². The van der Waals surface area contributed by atoms with Gasteiger partial charge < -0.3 is 0 Å². The number of nitrogens with zero attached hydrogens (tertiary/aromatic N) is 2. The minimum atomic E-state index is -2.14. The molecule has 0 aromatic rings. The highest BCUT2D eigenvalue weighted by molar-refractivity contribution is 6.52. The summed E-state index contributed by atoms with van der Waals surface area (Å²) in [4.78, 5) is 51.3. The van der Waals surface area contributed by atoms with Crippen molar-refractivity contribution >= 4 is 23.6 Å². The smallest absolute Gasteiger partial charge is 0.282 e. The fourth-order valence-corrected chi connectivity index (χ4v) is 1.68. The Bertz CT molecular complexity index is 407. The van der Waals surface area contributed by atoms with Crippen LogP contribution in [0.2, 0.25) is 0 Å². The van der Waals surface area contributed by atoms with Crippen LogP contribution in [-0.4, -0.2) is 47.2 Å². The largest absolute Gasteiger partial charge is 0.289 e. The highest BCUT2D eigenvalue weighted by atomic mass is 16.7. The molecule has 2 rings (SSSR count). The molecule has 1 spiro atoms. The van der Waals surface area contributed by atoms with Gasteiger partial charge in [0.25, 0.3) is 29.0 Å². The fraction of sp³-hybridized carbons (Fsp3) is 0.333. The summed E-state index contributed by atoms with van der Waals surface area (Å²) in [6, 6.07) is 0. The summed E-state index contributed by atoms with van der Waals surface area (Å²) in [5.74, 6) is -3.45. The number of likely N-dealkylation sites (tertiary alicyclic amines) is 1. The number of imide groups is 2. The van der Waals surface area contributed by atoms with Gasteiger partial charge in [0, 0.05) is 7.05 Å². The normalized spacial score (nSPS) is 22.3. The number of carbonyl (C=O) groups is 4. The van der Waals surface area contributed by atoms with Gasteiger partial charge >= 0.3 is 0 Å². The average Bonchev–Trinajstić information content (AvgIpc) is 2.29. The maximum absolute atomic E-state index is 11.5. The monoisotopic (exact) mass is 224 g/mol. The highest BCUT2D eigenvalue weighted by Crippen LogP contribution is 2.44. The molecular weight excluding hydrogens is 216 g/mol. The molecule has 0 aromatic heterocycles. The van der Waals surface area contributed by atoms with Gasteiger partial charge in [-0.15, -0.1) is 11.6 Å². The van der Waals surface area contributed by atoms with E-state index in [2.05, 4.69) is 6.58 Å². The number of amides is 4. The first-order valence-electron chi connectivity index (χ1n) is 4.45. The van der Waals surface area contributed by atoms with E-state index in [1.807, 2.05) is 0 Å². The Morgan fingerprint density at radius 2 is 1.69 bits per heavy atom. The van der Waals surface area contributed by atoms with Crippen molar-refractivity contribution in [3.63, 3.8) is 0 Å². The van der Waals surface area contributed by atoms with Crippen LogP contribution >= 0.6 is 0 Å². The molecule has 0 N–H and O–H groups in total. The first kappa shape index (κ1) is 10.5. The highest BCUT2D eigenvalue weighted by Gasteiger charge is 2.80. The molecule has 0 atom stereocenters. The van der Waals surface area contributed by atoms with Crippen LogP contribution in [0, 0.1) is 5.41 Å². The van der Waals surface area contributed by atoms with Gasteiger partial charge in [0.2, 0.25) is 0 Å². The molecule has 2 aliphatic heterocycles. The first-order valence-corrected chi connectivity index (χ1v) is 4.45. The minimum Gasteiger partial charge on any atom is -0.282 e. The topological polar surface area (TPSA) is 84.0 Å². The fourth-order valence-electron chi connectivity index (χ4n) is 1.68. The first-order chi connectivity index (χ1) is 7.49. The van der Waals surface area contributed by atoms with Crippen LogP contribution in [0.15, 0.2) is 12.7 Å². The molecular formula is C9H8N2O5. The Morgan fingerprint density at radius 3 is 2.12 bits per heavy atom. The Kier molecular flexibility index (Phi) is 1.96. The van der Waals surface area contributed by atoms with Gasteiger partial charge in [0.1, 0.15) is 0 Å². The summed E-state index contributed by atoms with van der Waals surface area (Å²) >= 11 is 0. The molecule has 7 nitrogen and oxygen atoms in total. The van der Waals surface area contributed by atoms with E-state index in [4.69, 9.17) is 4.84 Å². The van der Waals surface area contributed by atoms with E-state index in [1.165, 1.54) is 13.1 Å². The molecule has 0 radical (unpaired) electrons. The molecule has 16 heavy (non-hydrogen) atoms. The van der Waals surface area contributed by atoms with Crippen LogP contribution in [0.4, 0.5) is 0 Å². The predicted octanol–water partition coefficient (Wildman–Crippen LogP) is -1.54. The second-order valence-electron chi connectivity index (χ2n) is 3.41. The van der Waals surface area contributed by atoms with Crippen LogP contribution in [0.1, 0.15) is 0 Å². The number of β-lactam (4-membered cyclic amide) rings is 4. The van der Waals surface area contributed by atoms with Crippen molar-refractivity contribution in [3.8, 4) is 0 Å². The summed E-state index contributed by atoms with van der Waals surface area (Å²) in [6.45, 7) is 3.29. The molecule has 2 heterocycles. The zero-order chi connectivity index (χ0) is 12.1. The third kappa shape index (κ3) is 0.820. The SMILES string of the molecule is C=CCON1C(=O)C2(C(=O)N(C)C2=O)C1=O. The molecule has 0 bridgehead atoms. The Morgan fingerprint density at radius 1 is 1.19 bits per heavy atom. The third-order valence-electron chi connectivity index (χ3n) is 2.58. The lowest BCUT2D eigenvalue weighted by atomic mass is 9.70. The summed E-state index contributed by atoms with van der Waals surface area (Å²) < 4.78 is 0. The standard InChI is InChI=1S/C9H8N2O5/c1-3-4-16-11-7(14)9(8(11)15)5(12)10(2)6(9)13/h3H,1,4H2,2H3. The second-order valence-corrected chi connectivity index (χ2v) is 3.41. The van der Waals surface area contributed by atoms with Crippen molar-refractivity contribution in [2.24, 2.45) is 5.41 Å². The van der Waals surface area contributed by atoms with E-state index >= 15 is 0 Å². The van der Waals surface area contributed by atoms with Gasteiger partial charge in [0.15, 0.2) is 0 Å². The van der Waals surface area contributed by atoms with E-state index in [-0.39, 0.29) is 6.61 Å². The number of hydrogen-bond acceptors (Lipinski definition) is 5. The van der Waals surface area contributed by atoms with Gasteiger partial charge in [0.05, 0.1) is 6.61 Å². The lowest BCUT2D eigenvalue weighted by Crippen LogP contribution is -2.83. The molecule has 2 saturated heterocycles. The molecule has 4 amide bonds. The molecule has 2 fully saturated rings. The van der Waals surface area contributed by atoms with E-state index in [0.29, 0.717) is 5.06 Å². The lowest BCUT2D eigenvalue weighted by molar-refractivity contribution is -0.236. The third-order valence-corrected chi connectivity index (χ3v) is 2.58. The van der Waals surface area contributed by atoms with Crippen LogP contribution in [0.25, 0.3) is 0 Å². The van der Waals surface area contributed by atoms with Crippen molar-refractivity contribution in [2.45, 2.75) is 0 Å². The molecule has 0 unspecified atom stereocenters. The van der Waals surface area contributed by atoms with E-state index < -0.39 is 29.0 Å². The van der Waals surface area contributed by atoms with Crippen LogP contribution in [-0.2, 0) is 24.0 Å². The van der Waals surface area contributed by atoms with Crippen molar-refractivity contribution in [2.75, 3.05) is 13.7 Å². The Hall–Kier alpha value is -2.02. The van der Waals surface area contributed by atoms with E-state index in [9.17, 15) is 19.2 Å². The van der Waals surface area contributed by atoms with Crippen molar-refractivity contribution in [1.29, 1.82) is 0 Å². The number of rotatable bonds is 3. The maximum Gasteiger partial charge on any atom is 0.289 e. The summed E-state index contributed by atoms with van der Waals surface area (Å²) in [7, 11) is 1.21. The van der Waals surface area contributed by atoms with Crippen LogP contribution in [0.3, 0.4) is 0 Å². The van der Waals surface area contributed by atoms with Crippen molar-refractivity contribution < 1.29 is 24.0 Å². The summed E-state index contributed by atoms with van der Waals surface area (Å²) in [5.41, 5.74) is -2.14. The van der Waals surface area contributed by atoms with Crippen LogP contribution < -0.4 is 0 Å².